The number of nitro groups is 1. The van der Waals surface area contributed by atoms with E-state index >= 15 is 0 Å². The van der Waals surface area contributed by atoms with E-state index in [0.717, 1.165) is 29.5 Å². The third kappa shape index (κ3) is 4.27. The molecule has 0 spiro atoms. The SMILES string of the molecule is Cc1ccc(C(C)NCC2CCC(C)CC2)cc1[N+](=O)[O-]. The molecule has 2 rings (SSSR count). The van der Waals surface area contributed by atoms with Crippen LogP contribution in [0, 0.1) is 28.9 Å². The van der Waals surface area contributed by atoms with E-state index in [1.807, 2.05) is 12.1 Å². The molecule has 1 aliphatic rings. The molecular formula is C17H26N2O2. The second kappa shape index (κ2) is 7.03. The van der Waals surface area contributed by atoms with Crippen molar-refractivity contribution in [2.45, 2.75) is 52.5 Å². The third-order valence-corrected chi connectivity index (χ3v) is 4.78. The molecular weight excluding hydrogens is 264 g/mol. The molecule has 4 heteroatoms. The first-order chi connectivity index (χ1) is 9.97. The second-order valence-electron chi connectivity index (χ2n) is 6.56. The van der Waals surface area contributed by atoms with Crippen LogP contribution in [-0.2, 0) is 0 Å². The zero-order valence-electron chi connectivity index (χ0n) is 13.3. The van der Waals surface area contributed by atoms with Crippen LogP contribution in [0.5, 0.6) is 0 Å². The number of hydrogen-bond donors (Lipinski definition) is 1. The van der Waals surface area contributed by atoms with E-state index in [0.29, 0.717) is 0 Å². The summed E-state index contributed by atoms with van der Waals surface area (Å²) < 4.78 is 0. The van der Waals surface area contributed by atoms with Crippen LogP contribution in [0.15, 0.2) is 18.2 Å². The van der Waals surface area contributed by atoms with Crippen LogP contribution in [0.1, 0.15) is 56.7 Å². The Hall–Kier alpha value is -1.42. The Morgan fingerprint density at radius 1 is 1.33 bits per heavy atom. The maximum absolute atomic E-state index is 11.0. The Kier molecular flexibility index (Phi) is 5.34. The van der Waals surface area contributed by atoms with Crippen molar-refractivity contribution < 1.29 is 4.92 Å². The molecule has 0 saturated heterocycles. The lowest BCUT2D eigenvalue weighted by atomic mass is 9.83. The predicted molar refractivity (Wildman–Crippen MR) is 85.4 cm³/mol. The highest BCUT2D eigenvalue weighted by molar-refractivity contribution is 5.43. The molecule has 0 aliphatic heterocycles. The van der Waals surface area contributed by atoms with Gasteiger partial charge in [0.15, 0.2) is 0 Å². The van der Waals surface area contributed by atoms with E-state index in [-0.39, 0.29) is 16.7 Å². The van der Waals surface area contributed by atoms with E-state index in [4.69, 9.17) is 0 Å². The first kappa shape index (κ1) is 16.0. The number of nitrogens with one attached hydrogen (secondary N) is 1. The van der Waals surface area contributed by atoms with Crippen LogP contribution in [-0.4, -0.2) is 11.5 Å². The summed E-state index contributed by atoms with van der Waals surface area (Å²) in [6.45, 7) is 7.20. The summed E-state index contributed by atoms with van der Waals surface area (Å²) in [5, 5.41) is 14.6. The van der Waals surface area contributed by atoms with Crippen LogP contribution >= 0.6 is 0 Å². The Bertz CT molecular complexity index is 494. The van der Waals surface area contributed by atoms with Gasteiger partial charge in [-0.25, -0.2) is 0 Å². The van der Waals surface area contributed by atoms with Gasteiger partial charge in [-0.3, -0.25) is 10.1 Å². The minimum Gasteiger partial charge on any atom is -0.310 e. The van der Waals surface area contributed by atoms with Crippen molar-refractivity contribution in [3.05, 3.63) is 39.4 Å². The molecule has 0 amide bonds. The molecule has 1 saturated carbocycles. The minimum absolute atomic E-state index is 0.156. The standard InChI is InChI=1S/C17H26N2O2/c1-12-4-7-15(8-5-12)11-18-14(3)16-9-6-13(2)17(10-16)19(20)21/h6,9-10,12,14-15,18H,4-5,7-8,11H2,1-3H3. The number of nitro benzene ring substituents is 1. The zero-order chi connectivity index (χ0) is 15.4. The van der Waals surface area contributed by atoms with Gasteiger partial charge in [0.05, 0.1) is 4.92 Å². The molecule has 1 atom stereocenters. The number of aryl methyl sites for hydroxylation is 1. The zero-order valence-corrected chi connectivity index (χ0v) is 13.3. The molecule has 4 nitrogen and oxygen atoms in total. The largest absolute Gasteiger partial charge is 0.310 e. The summed E-state index contributed by atoms with van der Waals surface area (Å²) in [5.41, 5.74) is 1.93. The topological polar surface area (TPSA) is 55.2 Å². The Labute approximate surface area is 127 Å². The van der Waals surface area contributed by atoms with E-state index in [1.165, 1.54) is 25.7 Å². The van der Waals surface area contributed by atoms with E-state index in [1.54, 1.807) is 13.0 Å². The molecule has 21 heavy (non-hydrogen) atoms. The van der Waals surface area contributed by atoms with E-state index in [9.17, 15) is 10.1 Å². The Morgan fingerprint density at radius 3 is 2.62 bits per heavy atom. The fraction of sp³-hybridized carbons (Fsp3) is 0.647. The molecule has 0 aromatic heterocycles. The Morgan fingerprint density at radius 2 is 2.00 bits per heavy atom. The molecule has 1 N–H and O–H groups in total. The number of rotatable bonds is 5. The van der Waals surface area contributed by atoms with Crippen molar-refractivity contribution in [1.82, 2.24) is 5.32 Å². The number of hydrogen-bond acceptors (Lipinski definition) is 3. The summed E-state index contributed by atoms with van der Waals surface area (Å²) in [5.74, 6) is 1.63. The van der Waals surface area contributed by atoms with Gasteiger partial charge in [0, 0.05) is 17.7 Å². The normalized spacial score (nSPS) is 23.8. The number of benzene rings is 1. The van der Waals surface area contributed by atoms with Crippen molar-refractivity contribution in [3.63, 3.8) is 0 Å². The fourth-order valence-electron chi connectivity index (χ4n) is 3.09. The van der Waals surface area contributed by atoms with Crippen molar-refractivity contribution in [2.24, 2.45) is 11.8 Å². The summed E-state index contributed by atoms with van der Waals surface area (Å²) >= 11 is 0. The molecule has 1 aromatic carbocycles. The van der Waals surface area contributed by atoms with Gasteiger partial charge < -0.3 is 5.32 Å². The van der Waals surface area contributed by atoms with Gasteiger partial charge in [-0.15, -0.1) is 0 Å². The van der Waals surface area contributed by atoms with Crippen molar-refractivity contribution >= 4 is 5.69 Å². The monoisotopic (exact) mass is 290 g/mol. The van der Waals surface area contributed by atoms with Gasteiger partial charge in [-0.05, 0) is 50.6 Å². The molecule has 1 aromatic rings. The average Bonchev–Trinajstić information content (AvgIpc) is 2.46. The predicted octanol–water partition coefficient (Wildman–Crippen LogP) is 4.38. The maximum Gasteiger partial charge on any atom is 0.272 e. The first-order valence-corrected chi connectivity index (χ1v) is 7.95. The van der Waals surface area contributed by atoms with Crippen LogP contribution in [0.25, 0.3) is 0 Å². The van der Waals surface area contributed by atoms with Crippen molar-refractivity contribution in [3.8, 4) is 0 Å². The fourth-order valence-corrected chi connectivity index (χ4v) is 3.09. The molecule has 116 valence electrons. The second-order valence-corrected chi connectivity index (χ2v) is 6.56. The third-order valence-electron chi connectivity index (χ3n) is 4.78. The molecule has 0 heterocycles. The highest BCUT2D eigenvalue weighted by Crippen LogP contribution is 2.28. The van der Waals surface area contributed by atoms with Crippen molar-refractivity contribution in [2.75, 3.05) is 6.54 Å². The smallest absolute Gasteiger partial charge is 0.272 e. The lowest BCUT2D eigenvalue weighted by Gasteiger charge is -2.27. The lowest BCUT2D eigenvalue weighted by Crippen LogP contribution is -2.28. The molecule has 0 bridgehead atoms. The van der Waals surface area contributed by atoms with Gasteiger partial charge in [0.1, 0.15) is 0 Å². The van der Waals surface area contributed by atoms with E-state index in [2.05, 4.69) is 19.2 Å². The Balaban J connectivity index is 1.92. The molecule has 0 radical (unpaired) electrons. The lowest BCUT2D eigenvalue weighted by molar-refractivity contribution is -0.385. The van der Waals surface area contributed by atoms with Crippen LogP contribution < -0.4 is 5.32 Å². The molecule has 1 aliphatic carbocycles. The maximum atomic E-state index is 11.0. The summed E-state index contributed by atoms with van der Waals surface area (Å²) in [6.07, 6.45) is 5.26. The quantitative estimate of drug-likeness (QED) is 0.646. The summed E-state index contributed by atoms with van der Waals surface area (Å²) in [6, 6.07) is 5.69. The summed E-state index contributed by atoms with van der Waals surface area (Å²) in [4.78, 5) is 10.7. The summed E-state index contributed by atoms with van der Waals surface area (Å²) in [7, 11) is 0. The van der Waals surface area contributed by atoms with Gasteiger partial charge in [-0.2, -0.15) is 0 Å². The highest BCUT2D eigenvalue weighted by atomic mass is 16.6. The van der Waals surface area contributed by atoms with Gasteiger partial charge in [0.2, 0.25) is 0 Å². The highest BCUT2D eigenvalue weighted by Gasteiger charge is 2.19. The van der Waals surface area contributed by atoms with E-state index < -0.39 is 0 Å². The number of nitrogens with zero attached hydrogens (tertiary/aromatic N) is 1. The average molecular weight is 290 g/mol. The van der Waals surface area contributed by atoms with Crippen molar-refractivity contribution in [1.29, 1.82) is 0 Å². The first-order valence-electron chi connectivity index (χ1n) is 7.95. The van der Waals surface area contributed by atoms with Gasteiger partial charge in [0.25, 0.3) is 5.69 Å². The van der Waals surface area contributed by atoms with Gasteiger partial charge in [-0.1, -0.05) is 31.9 Å². The van der Waals surface area contributed by atoms with Gasteiger partial charge >= 0.3 is 0 Å². The van der Waals surface area contributed by atoms with Crippen LogP contribution in [0.2, 0.25) is 0 Å². The van der Waals surface area contributed by atoms with Crippen LogP contribution in [0.4, 0.5) is 5.69 Å². The molecule has 1 fully saturated rings. The molecule has 1 unspecified atom stereocenters. The minimum atomic E-state index is -0.298. The van der Waals surface area contributed by atoms with Crippen LogP contribution in [0.3, 0.4) is 0 Å².